The van der Waals surface area contributed by atoms with E-state index >= 15 is 0 Å². The summed E-state index contributed by atoms with van der Waals surface area (Å²) < 4.78 is 77.8. The van der Waals surface area contributed by atoms with Crippen molar-refractivity contribution < 1.29 is 41.3 Å². The van der Waals surface area contributed by atoms with Crippen LogP contribution < -0.4 is 0 Å². The van der Waals surface area contributed by atoms with E-state index in [0.717, 1.165) is 0 Å². The summed E-state index contributed by atoms with van der Waals surface area (Å²) >= 11 is 0. The van der Waals surface area contributed by atoms with Crippen molar-refractivity contribution >= 4 is 5.97 Å². The van der Waals surface area contributed by atoms with E-state index in [2.05, 4.69) is 4.74 Å². The van der Waals surface area contributed by atoms with Crippen LogP contribution in [-0.4, -0.2) is 41.2 Å². The van der Waals surface area contributed by atoms with Gasteiger partial charge in [0.15, 0.2) is 5.60 Å². The highest BCUT2D eigenvalue weighted by Gasteiger charge is 2.83. The first-order valence-corrected chi connectivity index (χ1v) is 7.44. The van der Waals surface area contributed by atoms with Crippen molar-refractivity contribution in [1.82, 2.24) is 0 Å². The second kappa shape index (κ2) is 5.52. The molecular weight excluding hydrogens is 339 g/mol. The van der Waals surface area contributed by atoms with Gasteiger partial charge in [0.25, 0.3) is 0 Å². The van der Waals surface area contributed by atoms with Crippen molar-refractivity contribution in [3.05, 3.63) is 0 Å². The van der Waals surface area contributed by atoms with Crippen molar-refractivity contribution in [3.63, 3.8) is 0 Å². The highest BCUT2D eigenvalue weighted by Crippen LogP contribution is 2.59. The van der Waals surface area contributed by atoms with Crippen LogP contribution in [0.2, 0.25) is 0 Å². The van der Waals surface area contributed by atoms with E-state index in [1.807, 2.05) is 0 Å². The lowest BCUT2D eigenvalue weighted by Crippen LogP contribution is -2.78. The summed E-state index contributed by atoms with van der Waals surface area (Å²) in [6.07, 6.45) is -5.55. The number of ether oxygens (including phenoxy) is 2. The minimum atomic E-state index is -5.78. The van der Waals surface area contributed by atoms with Gasteiger partial charge in [0.1, 0.15) is 0 Å². The monoisotopic (exact) mass is 362 g/mol. The first-order valence-electron chi connectivity index (χ1n) is 7.44. The molecule has 4 nitrogen and oxygen atoms in total. The maximum atomic E-state index is 14.8. The fraction of sp³-hybridized carbons (Fsp3) is 0.933. The van der Waals surface area contributed by atoms with Crippen molar-refractivity contribution in [2.75, 3.05) is 6.61 Å². The fourth-order valence-corrected chi connectivity index (χ4v) is 2.19. The van der Waals surface area contributed by atoms with Crippen LogP contribution in [0.5, 0.6) is 0 Å². The van der Waals surface area contributed by atoms with Gasteiger partial charge in [0.2, 0.25) is 0 Å². The van der Waals surface area contributed by atoms with Crippen LogP contribution in [0, 0.1) is 10.8 Å². The van der Waals surface area contributed by atoms with Crippen LogP contribution in [0.1, 0.15) is 48.0 Å². The summed E-state index contributed by atoms with van der Waals surface area (Å²) in [5.41, 5.74) is -5.80. The predicted molar refractivity (Wildman–Crippen MR) is 74.3 cm³/mol. The van der Waals surface area contributed by atoms with Gasteiger partial charge < -0.3 is 14.6 Å². The normalized spacial score (nSPS) is 33.2. The molecule has 0 bridgehead atoms. The van der Waals surface area contributed by atoms with Crippen LogP contribution in [0.15, 0.2) is 0 Å². The molecule has 1 fully saturated rings. The molecule has 0 aliphatic carbocycles. The van der Waals surface area contributed by atoms with Crippen LogP contribution in [-0.2, 0) is 14.3 Å². The molecule has 1 aliphatic heterocycles. The second-order valence-corrected chi connectivity index (χ2v) is 7.55. The number of hydrogen-bond donors (Lipinski definition) is 1. The number of alkyl halides is 5. The Morgan fingerprint density at radius 2 is 1.67 bits per heavy atom. The molecule has 24 heavy (non-hydrogen) atoms. The maximum Gasteiger partial charge on any atom is 0.449 e. The Morgan fingerprint density at radius 1 is 1.21 bits per heavy atom. The maximum absolute atomic E-state index is 14.8. The van der Waals surface area contributed by atoms with Crippen LogP contribution in [0.4, 0.5) is 22.0 Å². The summed E-state index contributed by atoms with van der Waals surface area (Å²) in [5, 5.41) is 9.59. The standard InChI is InChI=1S/C15H23F5O4/c1-7-10(2,3)9(21)24-12(6)11(4,5)8-23-14(22,13(12,16)17)15(18,19)20/h22H,7-8H2,1-6H3. The molecule has 0 radical (unpaired) electrons. The average Bonchev–Trinajstić information content (AvgIpc) is 2.41. The quantitative estimate of drug-likeness (QED) is 0.615. The minimum Gasteiger partial charge on any atom is -0.452 e. The molecule has 1 saturated heterocycles. The van der Waals surface area contributed by atoms with Gasteiger partial charge in [-0.15, -0.1) is 0 Å². The van der Waals surface area contributed by atoms with Crippen molar-refractivity contribution in [2.24, 2.45) is 10.8 Å². The Hall–Kier alpha value is -0.960. The molecule has 0 aromatic rings. The molecule has 0 aromatic carbocycles. The molecule has 2 atom stereocenters. The van der Waals surface area contributed by atoms with E-state index in [9.17, 15) is 31.9 Å². The zero-order valence-electron chi connectivity index (χ0n) is 14.5. The largest absolute Gasteiger partial charge is 0.452 e. The first kappa shape index (κ1) is 21.1. The molecule has 9 heteroatoms. The van der Waals surface area contributed by atoms with Crippen LogP contribution in [0.3, 0.4) is 0 Å². The summed E-state index contributed by atoms with van der Waals surface area (Å²) in [5.74, 6) is -10.8. The molecule has 2 unspecified atom stereocenters. The van der Waals surface area contributed by atoms with Gasteiger partial charge in [-0.05, 0) is 27.2 Å². The highest BCUT2D eigenvalue weighted by atomic mass is 19.4. The zero-order chi connectivity index (χ0) is 19.4. The number of aliphatic hydroxyl groups is 1. The van der Waals surface area contributed by atoms with E-state index in [1.54, 1.807) is 6.92 Å². The molecule has 1 aliphatic rings. The van der Waals surface area contributed by atoms with Gasteiger partial charge in [-0.25, -0.2) is 0 Å². The van der Waals surface area contributed by atoms with E-state index in [1.165, 1.54) is 27.7 Å². The minimum absolute atomic E-state index is 0.230. The number of carbonyl (C=O) groups excluding carboxylic acids is 1. The van der Waals surface area contributed by atoms with Gasteiger partial charge >= 0.3 is 23.9 Å². The molecule has 1 rings (SSSR count). The third kappa shape index (κ3) is 2.69. The Labute approximate surface area is 137 Å². The Morgan fingerprint density at radius 3 is 2.04 bits per heavy atom. The average molecular weight is 362 g/mol. The Kier molecular flexibility index (Phi) is 4.85. The van der Waals surface area contributed by atoms with E-state index < -0.39 is 46.9 Å². The highest BCUT2D eigenvalue weighted by molar-refractivity contribution is 5.76. The summed E-state index contributed by atoms with van der Waals surface area (Å²) in [7, 11) is 0. The Bertz CT molecular complexity index is 514. The van der Waals surface area contributed by atoms with Gasteiger partial charge in [0.05, 0.1) is 12.0 Å². The zero-order valence-corrected chi connectivity index (χ0v) is 14.5. The van der Waals surface area contributed by atoms with Gasteiger partial charge in [0, 0.05) is 5.41 Å². The van der Waals surface area contributed by atoms with Crippen LogP contribution in [0.25, 0.3) is 0 Å². The molecule has 1 N–H and O–H groups in total. The number of rotatable bonds is 3. The third-order valence-corrected chi connectivity index (χ3v) is 5.08. The number of halogens is 5. The lowest BCUT2D eigenvalue weighted by atomic mass is 9.67. The third-order valence-electron chi connectivity index (χ3n) is 5.08. The van der Waals surface area contributed by atoms with Crippen molar-refractivity contribution in [2.45, 2.75) is 71.5 Å². The van der Waals surface area contributed by atoms with Crippen LogP contribution >= 0.6 is 0 Å². The van der Waals surface area contributed by atoms with E-state index in [4.69, 9.17) is 4.74 Å². The van der Waals surface area contributed by atoms with Gasteiger partial charge in [-0.2, -0.15) is 22.0 Å². The number of esters is 1. The molecule has 0 spiro atoms. The first-order chi connectivity index (χ1) is 10.4. The fourth-order valence-electron chi connectivity index (χ4n) is 2.19. The predicted octanol–water partition coefficient (Wildman–Crippen LogP) is 3.67. The molecular formula is C15H23F5O4. The van der Waals surface area contributed by atoms with Crippen molar-refractivity contribution in [1.29, 1.82) is 0 Å². The topological polar surface area (TPSA) is 55.8 Å². The SMILES string of the molecule is CCC(C)(C)C(=O)OC1(C)C(C)(C)COC(O)(C(F)(F)F)C1(F)F. The molecule has 0 aromatic heterocycles. The van der Waals surface area contributed by atoms with Gasteiger partial charge in [-0.1, -0.05) is 20.8 Å². The summed E-state index contributed by atoms with van der Waals surface area (Å²) in [6.45, 7) is 6.65. The second-order valence-electron chi connectivity index (χ2n) is 7.55. The van der Waals surface area contributed by atoms with Crippen molar-refractivity contribution in [3.8, 4) is 0 Å². The van der Waals surface area contributed by atoms with E-state index in [-0.39, 0.29) is 6.42 Å². The number of hydrogen-bond acceptors (Lipinski definition) is 4. The summed E-state index contributed by atoms with van der Waals surface area (Å²) in [4.78, 5) is 12.2. The lowest BCUT2D eigenvalue weighted by molar-refractivity contribution is -0.486. The molecule has 0 saturated carbocycles. The van der Waals surface area contributed by atoms with E-state index in [0.29, 0.717) is 6.92 Å². The summed E-state index contributed by atoms with van der Waals surface area (Å²) in [6, 6.07) is 0. The lowest BCUT2D eigenvalue weighted by Gasteiger charge is -2.56. The van der Waals surface area contributed by atoms with Gasteiger partial charge in [-0.3, -0.25) is 4.79 Å². The molecule has 1 heterocycles. The molecule has 142 valence electrons. The smallest absolute Gasteiger partial charge is 0.449 e. The number of carbonyl (C=O) groups is 1. The Balaban J connectivity index is 3.46. The molecule has 0 amide bonds.